The SMILES string of the molecule is CC#CCc1cc(-c2cccnc2-c2ccc(F)c(C)c2)cc(C(=O)O)c1N. The van der Waals surface area contributed by atoms with Gasteiger partial charge in [0.05, 0.1) is 16.9 Å². The molecule has 4 nitrogen and oxygen atoms in total. The third kappa shape index (κ3) is 3.72. The maximum atomic E-state index is 13.7. The zero-order valence-electron chi connectivity index (χ0n) is 15.6. The van der Waals surface area contributed by atoms with E-state index in [1.54, 1.807) is 38.2 Å². The summed E-state index contributed by atoms with van der Waals surface area (Å²) in [5.41, 5.74) is 10.2. The summed E-state index contributed by atoms with van der Waals surface area (Å²) < 4.78 is 13.7. The molecule has 140 valence electrons. The van der Waals surface area contributed by atoms with Crippen LogP contribution in [0.25, 0.3) is 22.4 Å². The molecule has 3 aromatic rings. The Morgan fingerprint density at radius 1 is 1.21 bits per heavy atom. The van der Waals surface area contributed by atoms with Gasteiger partial charge in [0, 0.05) is 23.7 Å². The molecule has 0 aliphatic heterocycles. The fourth-order valence-electron chi connectivity index (χ4n) is 3.04. The van der Waals surface area contributed by atoms with Gasteiger partial charge in [0.15, 0.2) is 0 Å². The highest BCUT2D eigenvalue weighted by Crippen LogP contribution is 2.34. The normalized spacial score (nSPS) is 10.2. The Balaban J connectivity index is 2.23. The molecule has 2 aromatic carbocycles. The number of carbonyl (C=O) groups is 1. The second-order valence-corrected chi connectivity index (χ2v) is 6.37. The van der Waals surface area contributed by atoms with Crippen LogP contribution in [0.3, 0.4) is 0 Å². The Morgan fingerprint density at radius 2 is 2.00 bits per heavy atom. The molecule has 0 fully saturated rings. The van der Waals surface area contributed by atoms with Gasteiger partial charge in [-0.1, -0.05) is 12.0 Å². The molecule has 0 aliphatic rings. The molecule has 5 heteroatoms. The molecule has 0 saturated heterocycles. The summed E-state index contributed by atoms with van der Waals surface area (Å²) in [4.78, 5) is 16.2. The summed E-state index contributed by atoms with van der Waals surface area (Å²) in [5.74, 6) is 4.34. The maximum Gasteiger partial charge on any atom is 0.337 e. The van der Waals surface area contributed by atoms with E-state index >= 15 is 0 Å². The fourth-order valence-corrected chi connectivity index (χ4v) is 3.04. The van der Waals surface area contributed by atoms with Crippen molar-refractivity contribution in [3.63, 3.8) is 0 Å². The molecule has 0 saturated carbocycles. The first kappa shape index (κ1) is 19.1. The van der Waals surface area contributed by atoms with Crippen LogP contribution in [0.1, 0.15) is 28.4 Å². The minimum atomic E-state index is -1.10. The third-order valence-corrected chi connectivity index (χ3v) is 4.50. The molecule has 0 amide bonds. The Hall–Kier alpha value is -3.65. The number of pyridine rings is 1. The molecule has 0 atom stereocenters. The van der Waals surface area contributed by atoms with Crippen LogP contribution in [0.4, 0.5) is 10.1 Å². The van der Waals surface area contributed by atoms with Gasteiger partial charge in [0.25, 0.3) is 0 Å². The topological polar surface area (TPSA) is 76.2 Å². The van der Waals surface area contributed by atoms with E-state index in [1.807, 2.05) is 12.1 Å². The summed E-state index contributed by atoms with van der Waals surface area (Å²) in [7, 11) is 0. The van der Waals surface area contributed by atoms with Crippen molar-refractivity contribution in [2.75, 3.05) is 5.73 Å². The quantitative estimate of drug-likeness (QED) is 0.512. The van der Waals surface area contributed by atoms with Crippen molar-refractivity contribution >= 4 is 11.7 Å². The zero-order valence-corrected chi connectivity index (χ0v) is 15.6. The van der Waals surface area contributed by atoms with Gasteiger partial charge in [-0.25, -0.2) is 9.18 Å². The van der Waals surface area contributed by atoms with Crippen LogP contribution in [0, 0.1) is 24.6 Å². The predicted octanol–water partition coefficient (Wildman–Crippen LogP) is 4.71. The standard InChI is InChI=1S/C23H19FN2O2/c1-3-4-6-15-12-17(13-19(21(15)25)23(27)28)18-7-5-10-26-22(18)16-8-9-20(24)14(2)11-16/h5,7-13H,6,25H2,1-2H3,(H,27,28). The van der Waals surface area contributed by atoms with Gasteiger partial charge < -0.3 is 10.8 Å². The fraction of sp³-hybridized carbons (Fsp3) is 0.130. The molecule has 0 unspecified atom stereocenters. The molecule has 3 N–H and O–H groups in total. The van der Waals surface area contributed by atoms with Gasteiger partial charge in [0.1, 0.15) is 5.82 Å². The molecule has 0 aliphatic carbocycles. The molecule has 3 rings (SSSR count). The highest BCUT2D eigenvalue weighted by atomic mass is 19.1. The van der Waals surface area contributed by atoms with Crippen LogP contribution < -0.4 is 5.73 Å². The lowest BCUT2D eigenvalue weighted by molar-refractivity contribution is 0.0698. The third-order valence-electron chi connectivity index (χ3n) is 4.50. The number of carboxylic acid groups (broad SMARTS) is 1. The van der Waals surface area contributed by atoms with E-state index in [4.69, 9.17) is 5.73 Å². The molecular weight excluding hydrogens is 355 g/mol. The van der Waals surface area contributed by atoms with Crippen LogP contribution in [0.15, 0.2) is 48.7 Å². The molecule has 1 aromatic heterocycles. The lowest BCUT2D eigenvalue weighted by Crippen LogP contribution is -2.06. The first-order valence-corrected chi connectivity index (χ1v) is 8.69. The average molecular weight is 374 g/mol. The number of benzene rings is 2. The van der Waals surface area contributed by atoms with E-state index in [0.717, 1.165) is 11.1 Å². The number of nitrogens with two attached hydrogens (primary N) is 1. The molecular formula is C23H19FN2O2. The van der Waals surface area contributed by atoms with Crippen LogP contribution in [-0.4, -0.2) is 16.1 Å². The van der Waals surface area contributed by atoms with Crippen LogP contribution in [-0.2, 0) is 6.42 Å². The number of nitrogen functional groups attached to an aromatic ring is 1. The van der Waals surface area contributed by atoms with Crippen LogP contribution >= 0.6 is 0 Å². The Morgan fingerprint density at radius 3 is 2.68 bits per heavy atom. The number of nitrogens with zero attached hydrogens (tertiary/aromatic N) is 1. The van der Waals surface area contributed by atoms with E-state index in [1.165, 1.54) is 12.1 Å². The van der Waals surface area contributed by atoms with Crippen molar-refractivity contribution in [2.45, 2.75) is 20.3 Å². The largest absolute Gasteiger partial charge is 0.478 e. The second-order valence-electron chi connectivity index (χ2n) is 6.37. The van der Waals surface area contributed by atoms with Crippen molar-refractivity contribution in [1.29, 1.82) is 0 Å². The number of carboxylic acids is 1. The number of hydrogen-bond acceptors (Lipinski definition) is 3. The number of aromatic nitrogens is 1. The summed E-state index contributed by atoms with van der Waals surface area (Å²) in [6, 6.07) is 11.8. The summed E-state index contributed by atoms with van der Waals surface area (Å²) >= 11 is 0. The predicted molar refractivity (Wildman–Crippen MR) is 108 cm³/mol. The lowest BCUT2D eigenvalue weighted by Gasteiger charge is -2.14. The first-order valence-electron chi connectivity index (χ1n) is 8.69. The van der Waals surface area contributed by atoms with Crippen molar-refractivity contribution < 1.29 is 14.3 Å². The number of aryl methyl sites for hydroxylation is 1. The molecule has 0 radical (unpaired) electrons. The average Bonchev–Trinajstić information content (AvgIpc) is 2.69. The lowest BCUT2D eigenvalue weighted by atomic mass is 9.93. The van der Waals surface area contributed by atoms with Gasteiger partial charge in [0.2, 0.25) is 0 Å². The van der Waals surface area contributed by atoms with E-state index in [9.17, 15) is 14.3 Å². The molecule has 0 bridgehead atoms. The number of rotatable bonds is 4. The maximum absolute atomic E-state index is 13.7. The molecule has 0 spiro atoms. The molecule has 28 heavy (non-hydrogen) atoms. The van der Waals surface area contributed by atoms with E-state index in [2.05, 4.69) is 16.8 Å². The zero-order chi connectivity index (χ0) is 20.3. The van der Waals surface area contributed by atoms with Gasteiger partial charge in [-0.05, 0) is 66.9 Å². The Labute approximate surface area is 162 Å². The smallest absolute Gasteiger partial charge is 0.337 e. The van der Waals surface area contributed by atoms with Crippen molar-refractivity contribution in [3.8, 4) is 34.2 Å². The van der Waals surface area contributed by atoms with Gasteiger partial charge in [-0.2, -0.15) is 0 Å². The minimum Gasteiger partial charge on any atom is -0.478 e. The highest BCUT2D eigenvalue weighted by molar-refractivity contribution is 5.97. The van der Waals surface area contributed by atoms with Gasteiger partial charge in [-0.15, -0.1) is 5.92 Å². The van der Waals surface area contributed by atoms with Crippen molar-refractivity contribution in [3.05, 3.63) is 71.2 Å². The van der Waals surface area contributed by atoms with Crippen molar-refractivity contribution in [2.24, 2.45) is 0 Å². The van der Waals surface area contributed by atoms with Gasteiger partial charge in [-0.3, -0.25) is 4.98 Å². The Bertz CT molecular complexity index is 1130. The summed E-state index contributed by atoms with van der Waals surface area (Å²) in [6.07, 6.45) is 2.00. The van der Waals surface area contributed by atoms with Gasteiger partial charge >= 0.3 is 5.97 Å². The summed E-state index contributed by atoms with van der Waals surface area (Å²) in [5, 5.41) is 9.57. The number of aromatic carboxylic acids is 1. The monoisotopic (exact) mass is 374 g/mol. The van der Waals surface area contributed by atoms with Crippen LogP contribution in [0.5, 0.6) is 0 Å². The van der Waals surface area contributed by atoms with Crippen molar-refractivity contribution in [1.82, 2.24) is 4.98 Å². The minimum absolute atomic E-state index is 0.0236. The van der Waals surface area contributed by atoms with E-state index < -0.39 is 5.97 Å². The first-order chi connectivity index (χ1) is 13.4. The van der Waals surface area contributed by atoms with Crippen LogP contribution in [0.2, 0.25) is 0 Å². The number of halogens is 1. The summed E-state index contributed by atoms with van der Waals surface area (Å²) in [6.45, 7) is 3.41. The highest BCUT2D eigenvalue weighted by Gasteiger charge is 2.17. The number of hydrogen-bond donors (Lipinski definition) is 2. The number of anilines is 1. The Kier molecular flexibility index (Phi) is 5.42. The van der Waals surface area contributed by atoms with E-state index in [-0.39, 0.29) is 17.1 Å². The second kappa shape index (κ2) is 7.93. The molecule has 1 heterocycles. The van der Waals surface area contributed by atoms with E-state index in [0.29, 0.717) is 28.8 Å².